The number of para-hydroxylation sites is 1. The number of carbonyl (C=O) groups excluding carboxylic acids is 2. The van der Waals surface area contributed by atoms with Gasteiger partial charge in [-0.3, -0.25) is 9.59 Å². The van der Waals surface area contributed by atoms with Crippen LogP contribution < -0.4 is 4.90 Å². The minimum Gasteiger partial charge on any atom is -0.432 e. The smallest absolute Gasteiger partial charge is 0.317 e. The maximum atomic E-state index is 12.6. The number of ether oxygens (including phenoxy) is 2. The molecule has 232 valence electrons. The maximum Gasteiger partial charge on any atom is 0.317 e. The fourth-order valence-electron chi connectivity index (χ4n) is 6.79. The van der Waals surface area contributed by atoms with E-state index in [9.17, 15) is 9.59 Å². The van der Waals surface area contributed by atoms with Gasteiger partial charge in [-0.05, 0) is 62.2 Å². The van der Waals surface area contributed by atoms with Crippen LogP contribution >= 0.6 is 0 Å². The van der Waals surface area contributed by atoms with Crippen LogP contribution in [-0.2, 0) is 29.9 Å². The van der Waals surface area contributed by atoms with Gasteiger partial charge >= 0.3 is 11.9 Å². The minimum absolute atomic E-state index is 0.226. The predicted octanol–water partition coefficient (Wildman–Crippen LogP) is 8.39. The van der Waals surface area contributed by atoms with Crippen LogP contribution in [0.2, 0.25) is 0 Å². The lowest BCUT2D eigenvalue weighted by atomic mass is 9.79. The quantitative estimate of drug-likeness (QED) is 0.132. The largest absolute Gasteiger partial charge is 0.432 e. The third-order valence-electron chi connectivity index (χ3n) is 8.72. The summed E-state index contributed by atoms with van der Waals surface area (Å²) in [6, 6.07) is 21.1. The van der Waals surface area contributed by atoms with Crippen LogP contribution in [0.25, 0.3) is 10.8 Å². The van der Waals surface area contributed by atoms with Crippen molar-refractivity contribution in [2.24, 2.45) is 0 Å². The van der Waals surface area contributed by atoms with Crippen molar-refractivity contribution in [1.82, 2.24) is 0 Å². The molecule has 3 aromatic carbocycles. The molecule has 0 spiro atoms. The third kappa shape index (κ3) is 6.15. The second-order valence-electron chi connectivity index (χ2n) is 12.9. The van der Waals surface area contributed by atoms with Gasteiger partial charge in [-0.25, -0.2) is 0 Å². The van der Waals surface area contributed by atoms with Gasteiger partial charge in [-0.2, -0.15) is 4.58 Å². The Bertz CT molecular complexity index is 1800. The van der Waals surface area contributed by atoms with Gasteiger partial charge in [-0.15, -0.1) is 0 Å². The van der Waals surface area contributed by atoms with E-state index in [1.165, 1.54) is 21.9 Å². The molecule has 2 aliphatic heterocycles. The molecule has 45 heavy (non-hydrogen) atoms. The number of fused-ring (bicyclic) bond motifs is 4. The summed E-state index contributed by atoms with van der Waals surface area (Å²) in [5.41, 5.74) is 6.23. The monoisotopic (exact) mass is 603 g/mol. The molecule has 2 heterocycles. The van der Waals surface area contributed by atoms with Crippen molar-refractivity contribution in [3.05, 3.63) is 120 Å². The molecule has 0 saturated carbocycles. The van der Waals surface area contributed by atoms with Gasteiger partial charge in [0, 0.05) is 41.1 Å². The average Bonchev–Trinajstić information content (AvgIpc) is 3.33. The molecule has 0 N–H and O–H groups in total. The normalized spacial score (nSPS) is 17.1. The number of esters is 2. The first kappa shape index (κ1) is 31.7. The second-order valence-corrected chi connectivity index (χ2v) is 12.9. The van der Waals surface area contributed by atoms with Crippen molar-refractivity contribution in [2.75, 3.05) is 18.0 Å². The lowest BCUT2D eigenvalue weighted by molar-refractivity contribution is -0.436. The average molecular weight is 604 g/mol. The molecule has 0 bridgehead atoms. The summed E-state index contributed by atoms with van der Waals surface area (Å²) in [5.74, 6) is 0.185. The van der Waals surface area contributed by atoms with Crippen molar-refractivity contribution < 1.29 is 23.6 Å². The first-order chi connectivity index (χ1) is 21.3. The standard InChI is InChI=1S/C39H43N2O4/c1-26(2)44-35(42)22-24-40-31-17-12-11-16-30(31)38(5,6)33(40)18-13-19-34-39(7,8)37-29-15-10-9-14-28(29)20-21-32(37)41(34)25-23-36(43)45-27(3)4/h9-21H,1,3,22-25H2,2,4-8H3/q+1. The third-order valence-corrected chi connectivity index (χ3v) is 8.72. The zero-order valence-corrected chi connectivity index (χ0v) is 27.3. The highest BCUT2D eigenvalue weighted by molar-refractivity contribution is 6.07. The van der Waals surface area contributed by atoms with E-state index in [-0.39, 0.29) is 35.6 Å². The molecule has 0 amide bonds. The Kier molecular flexibility index (Phi) is 8.70. The summed E-state index contributed by atoms with van der Waals surface area (Å²) >= 11 is 0. The molecule has 0 aromatic heterocycles. The fourth-order valence-corrected chi connectivity index (χ4v) is 6.79. The van der Waals surface area contributed by atoms with Gasteiger partial charge in [0.25, 0.3) is 0 Å². The number of nitrogens with zero attached hydrogens (tertiary/aromatic N) is 2. The SMILES string of the molecule is C=C(C)OC(=O)CCN1C(=CC=CC2=[N+](CCC(=O)OC(=C)C)c3ccc4ccccc4c3C2(C)C)C(C)(C)c2ccccc21. The topological polar surface area (TPSA) is 58.8 Å². The van der Waals surface area contributed by atoms with E-state index in [1.54, 1.807) is 13.8 Å². The minimum atomic E-state index is -0.330. The predicted molar refractivity (Wildman–Crippen MR) is 182 cm³/mol. The lowest BCUT2D eigenvalue weighted by Crippen LogP contribution is -2.29. The Hall–Kier alpha value is -4.71. The molecule has 0 fully saturated rings. The molecule has 5 rings (SSSR count). The van der Waals surface area contributed by atoms with Crippen LogP contribution in [0.5, 0.6) is 0 Å². The maximum absolute atomic E-state index is 12.6. The highest BCUT2D eigenvalue weighted by Gasteiger charge is 2.46. The highest BCUT2D eigenvalue weighted by Crippen LogP contribution is 2.48. The molecule has 6 nitrogen and oxygen atoms in total. The van der Waals surface area contributed by atoms with Crippen molar-refractivity contribution >= 4 is 39.8 Å². The van der Waals surface area contributed by atoms with Crippen molar-refractivity contribution in [3.63, 3.8) is 0 Å². The number of hydrogen-bond donors (Lipinski definition) is 0. The number of carbonyl (C=O) groups is 2. The zero-order valence-electron chi connectivity index (χ0n) is 27.3. The van der Waals surface area contributed by atoms with Gasteiger partial charge in [-0.1, -0.05) is 75.5 Å². The lowest BCUT2D eigenvalue weighted by Gasteiger charge is -2.26. The molecule has 3 aromatic rings. The number of hydrogen-bond acceptors (Lipinski definition) is 5. The number of allylic oxidation sites excluding steroid dienone is 6. The van der Waals surface area contributed by atoms with Crippen LogP contribution in [0.3, 0.4) is 0 Å². The van der Waals surface area contributed by atoms with Gasteiger partial charge in [0.1, 0.15) is 6.42 Å². The molecular formula is C39H43N2O4+. The van der Waals surface area contributed by atoms with Crippen molar-refractivity contribution in [3.8, 4) is 0 Å². The summed E-state index contributed by atoms with van der Waals surface area (Å²) in [6.07, 6.45) is 6.88. The van der Waals surface area contributed by atoms with Gasteiger partial charge < -0.3 is 14.4 Å². The summed E-state index contributed by atoms with van der Waals surface area (Å²) in [4.78, 5) is 27.3. The number of anilines is 1. The van der Waals surface area contributed by atoms with Crippen molar-refractivity contribution in [2.45, 2.75) is 65.2 Å². The first-order valence-electron chi connectivity index (χ1n) is 15.5. The highest BCUT2D eigenvalue weighted by atomic mass is 16.5. The fraction of sp³-hybridized carbons (Fsp3) is 0.308. The Morgan fingerprint density at radius 1 is 0.844 bits per heavy atom. The van der Waals surface area contributed by atoms with Crippen LogP contribution in [0.4, 0.5) is 11.4 Å². The van der Waals surface area contributed by atoms with Crippen LogP contribution in [0.15, 0.2) is 109 Å². The Labute approximate surface area is 266 Å². The molecule has 2 aliphatic rings. The zero-order chi connectivity index (χ0) is 32.5. The van der Waals surface area contributed by atoms with E-state index >= 15 is 0 Å². The van der Waals surface area contributed by atoms with Crippen molar-refractivity contribution in [1.29, 1.82) is 0 Å². The summed E-state index contributed by atoms with van der Waals surface area (Å²) in [5, 5.41) is 2.39. The van der Waals surface area contributed by atoms with E-state index in [0.717, 1.165) is 22.8 Å². The van der Waals surface area contributed by atoms with Crippen LogP contribution in [0.1, 0.15) is 65.5 Å². The van der Waals surface area contributed by atoms with E-state index in [1.807, 2.05) is 6.07 Å². The van der Waals surface area contributed by atoms with E-state index in [0.29, 0.717) is 24.6 Å². The number of benzene rings is 3. The van der Waals surface area contributed by atoms with Gasteiger partial charge in [0.2, 0.25) is 5.69 Å². The number of rotatable bonds is 10. The summed E-state index contributed by atoms with van der Waals surface area (Å²) in [6.45, 7) is 20.7. The van der Waals surface area contributed by atoms with E-state index in [4.69, 9.17) is 9.47 Å². The Morgan fingerprint density at radius 2 is 1.49 bits per heavy atom. The van der Waals surface area contributed by atoms with Gasteiger partial charge in [0.05, 0.1) is 23.4 Å². The Balaban J connectivity index is 1.55. The molecule has 0 unspecified atom stereocenters. The Morgan fingerprint density at radius 3 is 2.20 bits per heavy atom. The van der Waals surface area contributed by atoms with E-state index < -0.39 is 0 Å². The van der Waals surface area contributed by atoms with Crippen LogP contribution in [0, 0.1) is 0 Å². The summed E-state index contributed by atoms with van der Waals surface area (Å²) in [7, 11) is 0. The van der Waals surface area contributed by atoms with Gasteiger partial charge in [0.15, 0.2) is 12.3 Å². The molecule has 0 saturated heterocycles. The van der Waals surface area contributed by atoms with E-state index in [2.05, 4.69) is 123 Å². The second kappa shape index (κ2) is 12.4. The van der Waals surface area contributed by atoms with Crippen LogP contribution in [-0.4, -0.2) is 35.3 Å². The first-order valence-corrected chi connectivity index (χ1v) is 15.5. The molecule has 0 aliphatic carbocycles. The molecule has 0 atom stereocenters. The molecule has 0 radical (unpaired) electrons. The summed E-state index contributed by atoms with van der Waals surface area (Å²) < 4.78 is 12.8. The molecular weight excluding hydrogens is 560 g/mol. The molecule has 6 heteroatoms.